The predicted molar refractivity (Wildman–Crippen MR) is 176 cm³/mol. The van der Waals surface area contributed by atoms with Crippen LogP contribution >= 0.6 is 0 Å². The van der Waals surface area contributed by atoms with Crippen LogP contribution < -0.4 is 0 Å². The lowest BCUT2D eigenvalue weighted by atomic mass is 9.59. The third kappa shape index (κ3) is 5.74. The van der Waals surface area contributed by atoms with Crippen molar-refractivity contribution in [3.63, 3.8) is 0 Å². The van der Waals surface area contributed by atoms with Crippen LogP contribution in [0.5, 0.6) is 0 Å². The molecule has 2 saturated carbocycles. The second-order valence-electron chi connectivity index (χ2n) is 15.4. The Balaban J connectivity index is 1.61. The lowest BCUT2D eigenvalue weighted by Gasteiger charge is -2.49. The lowest BCUT2D eigenvalue weighted by molar-refractivity contribution is -0.203. The van der Waals surface area contributed by atoms with E-state index in [0.717, 1.165) is 24.8 Å². The van der Waals surface area contributed by atoms with Crippen molar-refractivity contribution in [3.05, 3.63) is 34.4 Å². The summed E-state index contributed by atoms with van der Waals surface area (Å²) in [4.78, 5) is 41.4. The molecule has 1 spiro atoms. The molecule has 2 fully saturated rings. The summed E-state index contributed by atoms with van der Waals surface area (Å²) in [5, 5.41) is 34.9. The number of esters is 2. The molecule has 0 aromatic carbocycles. The Bertz CT molecular complexity index is 1290. The van der Waals surface area contributed by atoms with Gasteiger partial charge in [-0.2, -0.15) is 0 Å². The highest BCUT2D eigenvalue weighted by atomic mass is 16.6. The van der Waals surface area contributed by atoms with Crippen LogP contribution in [0.25, 0.3) is 0 Å². The number of ether oxygens (including phenoxy) is 2. The molecule has 0 radical (unpaired) electrons. The standard InChI is InChI=1S/C38H58O8/c1-9-10-11-12-13-14-15-16-17-18-29(40)46-37-21-25(5)36-20-24(4)33(45-34(43)26(6)23(2)3)38(36,44)31(41)27(22-39)19-28(32(36)42)30(37)35(37,7)8/h19-20,25,28,30-31,33,39,41,44H,9-18,21-22H2,1-8H3/t25?,28?,30-,31?,33?,36?,37+,38?/m1/s1. The summed E-state index contributed by atoms with van der Waals surface area (Å²) in [6.07, 6.45) is 11.1. The summed E-state index contributed by atoms with van der Waals surface area (Å²) in [6, 6.07) is 0. The summed E-state index contributed by atoms with van der Waals surface area (Å²) in [6.45, 7) is 14.4. The third-order valence-corrected chi connectivity index (χ3v) is 12.1. The van der Waals surface area contributed by atoms with Gasteiger partial charge in [-0.05, 0) is 57.6 Å². The van der Waals surface area contributed by atoms with E-state index in [-0.39, 0.29) is 17.3 Å². The number of aliphatic hydroxyl groups excluding tert-OH is 2. The molecule has 0 saturated heterocycles. The maximum absolute atomic E-state index is 14.9. The van der Waals surface area contributed by atoms with E-state index in [2.05, 4.69) is 6.92 Å². The van der Waals surface area contributed by atoms with Crippen molar-refractivity contribution in [1.29, 1.82) is 0 Å². The first kappa shape index (κ1) is 36.5. The Labute approximate surface area is 275 Å². The number of hydrogen-bond donors (Lipinski definition) is 3. The van der Waals surface area contributed by atoms with Gasteiger partial charge in [-0.25, -0.2) is 4.79 Å². The van der Waals surface area contributed by atoms with Crippen LogP contribution in [0.2, 0.25) is 0 Å². The van der Waals surface area contributed by atoms with Gasteiger partial charge in [-0.15, -0.1) is 0 Å². The summed E-state index contributed by atoms with van der Waals surface area (Å²) in [7, 11) is 0. The van der Waals surface area contributed by atoms with E-state index in [1.54, 1.807) is 39.8 Å². The number of Topliss-reactive ketones (excluding diaryl/α,β-unsaturated/α-hetero) is 1. The molecule has 4 aliphatic carbocycles. The van der Waals surface area contributed by atoms with Crippen molar-refractivity contribution in [2.24, 2.45) is 28.6 Å². The molecule has 0 aromatic rings. The normalized spacial score (nSPS) is 35.5. The minimum absolute atomic E-state index is 0.0949. The maximum Gasteiger partial charge on any atom is 0.334 e. The van der Waals surface area contributed by atoms with Gasteiger partial charge in [0, 0.05) is 29.2 Å². The summed E-state index contributed by atoms with van der Waals surface area (Å²) < 4.78 is 12.3. The number of rotatable bonds is 14. The van der Waals surface area contributed by atoms with Gasteiger partial charge in [0.1, 0.15) is 11.7 Å². The molecule has 3 N–H and O–H groups in total. The topological polar surface area (TPSA) is 130 Å². The maximum atomic E-state index is 14.9. The molecular formula is C38H58O8. The lowest BCUT2D eigenvalue weighted by Crippen LogP contribution is -2.66. The fourth-order valence-electron chi connectivity index (χ4n) is 9.13. The van der Waals surface area contributed by atoms with Crippen molar-refractivity contribution in [3.8, 4) is 0 Å². The smallest absolute Gasteiger partial charge is 0.334 e. The van der Waals surface area contributed by atoms with Gasteiger partial charge in [0.2, 0.25) is 0 Å². The minimum Gasteiger partial charge on any atom is -0.458 e. The highest BCUT2D eigenvalue weighted by molar-refractivity contribution is 5.96. The monoisotopic (exact) mass is 642 g/mol. The second-order valence-corrected chi connectivity index (χ2v) is 15.4. The van der Waals surface area contributed by atoms with E-state index in [0.29, 0.717) is 24.0 Å². The number of carbonyl (C=O) groups excluding carboxylic acids is 3. The summed E-state index contributed by atoms with van der Waals surface area (Å²) in [5.74, 6) is -3.07. The highest BCUT2D eigenvalue weighted by Crippen LogP contribution is 2.75. The minimum atomic E-state index is -2.27. The van der Waals surface area contributed by atoms with Crippen LogP contribution in [0.1, 0.15) is 126 Å². The van der Waals surface area contributed by atoms with E-state index in [9.17, 15) is 29.7 Å². The van der Waals surface area contributed by atoms with Crippen LogP contribution in [0.3, 0.4) is 0 Å². The van der Waals surface area contributed by atoms with E-state index in [1.807, 2.05) is 20.8 Å². The van der Waals surface area contributed by atoms with Crippen LogP contribution in [-0.2, 0) is 23.9 Å². The number of ketones is 1. The first-order chi connectivity index (χ1) is 21.6. The largest absolute Gasteiger partial charge is 0.458 e. The Morgan fingerprint density at radius 1 is 1.00 bits per heavy atom. The average Bonchev–Trinajstić information content (AvgIpc) is 3.40. The van der Waals surface area contributed by atoms with Crippen molar-refractivity contribution >= 4 is 17.7 Å². The van der Waals surface area contributed by atoms with Crippen LogP contribution in [0.4, 0.5) is 0 Å². The van der Waals surface area contributed by atoms with Crippen LogP contribution in [0.15, 0.2) is 34.4 Å². The highest BCUT2D eigenvalue weighted by Gasteiger charge is 2.83. The second kappa shape index (κ2) is 13.7. The van der Waals surface area contributed by atoms with E-state index in [4.69, 9.17) is 9.47 Å². The zero-order valence-electron chi connectivity index (χ0n) is 29.4. The Kier molecular flexibility index (Phi) is 10.9. The summed E-state index contributed by atoms with van der Waals surface area (Å²) >= 11 is 0. The molecule has 4 rings (SSSR count). The Hall–Kier alpha value is -2.29. The van der Waals surface area contributed by atoms with E-state index >= 15 is 0 Å². The molecule has 0 amide bonds. The van der Waals surface area contributed by atoms with Gasteiger partial charge >= 0.3 is 11.9 Å². The van der Waals surface area contributed by atoms with Crippen molar-refractivity contribution in [1.82, 2.24) is 0 Å². The molecule has 258 valence electrons. The van der Waals surface area contributed by atoms with Crippen LogP contribution in [-0.4, -0.2) is 63.1 Å². The van der Waals surface area contributed by atoms with E-state index < -0.39 is 64.6 Å². The molecule has 8 heteroatoms. The van der Waals surface area contributed by atoms with Gasteiger partial charge in [0.05, 0.1) is 12.0 Å². The number of allylic oxidation sites excluding steroid dienone is 2. The van der Waals surface area contributed by atoms with Crippen LogP contribution in [0, 0.1) is 28.6 Å². The van der Waals surface area contributed by atoms with Gasteiger partial charge in [-0.3, -0.25) is 9.59 Å². The van der Waals surface area contributed by atoms with Gasteiger partial charge in [0.25, 0.3) is 0 Å². The number of hydrogen-bond acceptors (Lipinski definition) is 8. The molecular weight excluding hydrogens is 584 g/mol. The molecule has 6 unspecified atom stereocenters. The van der Waals surface area contributed by atoms with Gasteiger partial charge < -0.3 is 24.8 Å². The van der Waals surface area contributed by atoms with E-state index in [1.165, 1.54) is 38.5 Å². The predicted octanol–water partition coefficient (Wildman–Crippen LogP) is 6.31. The molecule has 0 aliphatic heterocycles. The first-order valence-electron chi connectivity index (χ1n) is 17.6. The van der Waals surface area contributed by atoms with Crippen molar-refractivity contribution < 1.29 is 39.2 Å². The van der Waals surface area contributed by atoms with Crippen molar-refractivity contribution in [2.75, 3.05) is 6.61 Å². The fraction of sp³-hybridized carbons (Fsp3) is 0.763. The number of fused-ring (bicyclic) bond motifs is 3. The van der Waals surface area contributed by atoms with Gasteiger partial charge in [-0.1, -0.05) is 96.8 Å². The van der Waals surface area contributed by atoms with Crippen molar-refractivity contribution in [2.45, 2.75) is 149 Å². The summed E-state index contributed by atoms with van der Waals surface area (Å²) in [5.41, 5.74) is -3.74. The Morgan fingerprint density at radius 3 is 2.15 bits per heavy atom. The molecule has 8 atom stereocenters. The molecule has 8 nitrogen and oxygen atoms in total. The molecule has 0 aromatic heterocycles. The zero-order valence-corrected chi connectivity index (χ0v) is 29.4. The number of aliphatic hydroxyl groups is 3. The van der Waals surface area contributed by atoms with Gasteiger partial charge in [0.15, 0.2) is 17.5 Å². The zero-order chi connectivity index (χ0) is 34.2. The molecule has 0 heterocycles. The Morgan fingerprint density at radius 2 is 1.59 bits per heavy atom. The molecule has 4 aliphatic rings. The molecule has 46 heavy (non-hydrogen) atoms. The fourth-order valence-corrected chi connectivity index (χ4v) is 9.13. The first-order valence-corrected chi connectivity index (χ1v) is 17.6. The quantitative estimate of drug-likeness (QED) is 0.0870. The number of carbonyl (C=O) groups is 3. The molecule has 2 bridgehead atoms. The average molecular weight is 643 g/mol. The SMILES string of the molecule is CCCCCCCCCCCC(=O)O[C@@]12CC(C)C34C=C(C)C(OC(=O)C(C)=C(C)C)C3(O)C(O)C(CO)=CC(C4=O)[C@@H]1C2(C)C. The number of unbranched alkanes of at least 4 members (excludes halogenated alkanes) is 8. The third-order valence-electron chi connectivity index (χ3n) is 12.1.